The Labute approximate surface area is 89.7 Å². The third kappa shape index (κ3) is 2.33. The minimum Gasteiger partial charge on any atom is -0.384 e. The zero-order valence-corrected chi connectivity index (χ0v) is 8.48. The lowest BCUT2D eigenvalue weighted by Gasteiger charge is -2.23. The summed E-state index contributed by atoms with van der Waals surface area (Å²) in [7, 11) is 0. The van der Waals surface area contributed by atoms with Gasteiger partial charge in [0.1, 0.15) is 11.4 Å². The first-order valence-electron chi connectivity index (χ1n) is 4.49. The summed E-state index contributed by atoms with van der Waals surface area (Å²) in [6.07, 6.45) is -4.79. The third-order valence-corrected chi connectivity index (χ3v) is 2.28. The molecule has 1 unspecified atom stereocenters. The maximum absolute atomic E-state index is 13.5. The molecule has 0 spiro atoms. The highest BCUT2D eigenvalue weighted by atomic mass is 19.4. The van der Waals surface area contributed by atoms with E-state index < -0.39 is 28.7 Å². The van der Waals surface area contributed by atoms with Gasteiger partial charge in [0, 0.05) is 12.1 Å². The number of alkyl halides is 3. The van der Waals surface area contributed by atoms with E-state index in [-0.39, 0.29) is 6.54 Å². The summed E-state index contributed by atoms with van der Waals surface area (Å²) in [5.41, 5.74) is 1.50. The first-order valence-corrected chi connectivity index (χ1v) is 4.49. The van der Waals surface area contributed by atoms with Crippen molar-refractivity contribution in [3.63, 3.8) is 0 Å². The van der Waals surface area contributed by atoms with Gasteiger partial charge in [0.25, 0.3) is 0 Å². The lowest BCUT2D eigenvalue weighted by Crippen LogP contribution is -2.33. The molecule has 0 bridgehead atoms. The number of halogens is 4. The van der Waals surface area contributed by atoms with Crippen LogP contribution in [0.1, 0.15) is 18.1 Å². The molecule has 0 radical (unpaired) electrons. The fourth-order valence-electron chi connectivity index (χ4n) is 1.28. The van der Waals surface area contributed by atoms with Crippen LogP contribution in [0.2, 0.25) is 0 Å². The van der Waals surface area contributed by atoms with Gasteiger partial charge < -0.3 is 10.8 Å². The Balaban J connectivity index is 3.36. The van der Waals surface area contributed by atoms with E-state index in [2.05, 4.69) is 0 Å². The molecule has 0 amide bonds. The highest BCUT2D eigenvalue weighted by molar-refractivity contribution is 5.32. The molecule has 1 rings (SSSR count). The van der Waals surface area contributed by atoms with Crippen molar-refractivity contribution >= 4 is 0 Å². The second-order valence-corrected chi connectivity index (χ2v) is 3.64. The van der Waals surface area contributed by atoms with Crippen LogP contribution in [-0.4, -0.2) is 11.7 Å². The number of hydrogen-bond donors (Lipinski definition) is 2. The molecule has 90 valence electrons. The Hall–Kier alpha value is -1.14. The fraction of sp³-hybridized carbons (Fsp3) is 0.400. The van der Waals surface area contributed by atoms with Gasteiger partial charge in [0.2, 0.25) is 0 Å². The Morgan fingerprint density at radius 2 is 1.75 bits per heavy atom. The summed E-state index contributed by atoms with van der Waals surface area (Å²) in [5.74, 6) is -1.48. The smallest absolute Gasteiger partial charge is 0.384 e. The van der Waals surface area contributed by atoms with Crippen LogP contribution in [0.5, 0.6) is 0 Å². The number of nitrogens with two attached hydrogens (primary N) is 1. The van der Waals surface area contributed by atoms with Crippen LogP contribution in [0.25, 0.3) is 0 Å². The van der Waals surface area contributed by atoms with Gasteiger partial charge in [0.05, 0.1) is 5.56 Å². The van der Waals surface area contributed by atoms with Crippen molar-refractivity contribution in [3.8, 4) is 0 Å². The molecule has 1 aromatic carbocycles. The van der Waals surface area contributed by atoms with Gasteiger partial charge in [-0.05, 0) is 13.0 Å². The lowest BCUT2D eigenvalue weighted by atomic mass is 9.93. The summed E-state index contributed by atoms with van der Waals surface area (Å²) in [5, 5.41) is 9.63. The minimum atomic E-state index is -4.79. The topological polar surface area (TPSA) is 46.2 Å². The second-order valence-electron chi connectivity index (χ2n) is 3.64. The molecule has 0 aliphatic rings. The van der Waals surface area contributed by atoms with Crippen LogP contribution in [0.3, 0.4) is 0 Å². The molecule has 6 heteroatoms. The predicted octanol–water partition coefficient (Wildman–Crippen LogP) is 2.01. The van der Waals surface area contributed by atoms with Gasteiger partial charge in [-0.15, -0.1) is 0 Å². The van der Waals surface area contributed by atoms with E-state index in [1.165, 1.54) is 0 Å². The monoisotopic (exact) mass is 237 g/mol. The summed E-state index contributed by atoms with van der Waals surface area (Å²) in [6.45, 7) is 0.788. The molecule has 2 nitrogen and oxygen atoms in total. The van der Waals surface area contributed by atoms with E-state index in [9.17, 15) is 22.7 Å². The molecule has 0 heterocycles. The van der Waals surface area contributed by atoms with E-state index in [0.29, 0.717) is 6.07 Å². The van der Waals surface area contributed by atoms with E-state index >= 15 is 0 Å². The van der Waals surface area contributed by atoms with Crippen LogP contribution in [0, 0.1) is 5.82 Å². The van der Waals surface area contributed by atoms with Gasteiger partial charge in [-0.25, -0.2) is 4.39 Å². The molecule has 0 saturated carbocycles. The second kappa shape index (κ2) is 4.03. The molecular formula is C10H11F4NO. The molecule has 0 fully saturated rings. The van der Waals surface area contributed by atoms with Crippen molar-refractivity contribution in [3.05, 3.63) is 35.1 Å². The Morgan fingerprint density at radius 1 is 1.25 bits per heavy atom. The molecule has 0 saturated heterocycles. The number of hydrogen-bond acceptors (Lipinski definition) is 2. The van der Waals surface area contributed by atoms with E-state index in [0.717, 1.165) is 19.1 Å². The van der Waals surface area contributed by atoms with Crippen LogP contribution in [-0.2, 0) is 11.8 Å². The molecule has 0 aliphatic carbocycles. The molecule has 3 N–H and O–H groups in total. The van der Waals surface area contributed by atoms with Gasteiger partial charge in [-0.1, -0.05) is 12.1 Å². The number of aliphatic hydroxyl groups is 1. The van der Waals surface area contributed by atoms with Crippen molar-refractivity contribution < 1.29 is 22.7 Å². The predicted molar refractivity (Wildman–Crippen MR) is 50.0 cm³/mol. The van der Waals surface area contributed by atoms with Crippen molar-refractivity contribution in [2.24, 2.45) is 5.73 Å². The molecule has 0 aromatic heterocycles. The average molecular weight is 237 g/mol. The first-order chi connectivity index (χ1) is 7.20. The molecule has 16 heavy (non-hydrogen) atoms. The lowest BCUT2D eigenvalue weighted by molar-refractivity contribution is -0.140. The van der Waals surface area contributed by atoms with Gasteiger partial charge >= 0.3 is 6.18 Å². The standard InChI is InChI=1S/C10H11F4NO/c1-9(16,5-15)6-3-2-4-7(8(6)11)10(12,13)14/h2-4,16H,5,15H2,1H3. The summed E-state index contributed by atoms with van der Waals surface area (Å²) < 4.78 is 50.6. The third-order valence-electron chi connectivity index (χ3n) is 2.28. The zero-order valence-electron chi connectivity index (χ0n) is 8.48. The van der Waals surface area contributed by atoms with Crippen molar-refractivity contribution in [2.75, 3.05) is 6.54 Å². The van der Waals surface area contributed by atoms with Crippen molar-refractivity contribution in [2.45, 2.75) is 18.7 Å². The van der Waals surface area contributed by atoms with E-state index in [1.807, 2.05) is 0 Å². The quantitative estimate of drug-likeness (QED) is 0.773. The zero-order chi connectivity index (χ0) is 12.6. The Morgan fingerprint density at radius 3 is 2.19 bits per heavy atom. The SMILES string of the molecule is CC(O)(CN)c1cccc(C(F)(F)F)c1F. The molecule has 1 aromatic rings. The Bertz CT molecular complexity index is 387. The molecule has 0 aliphatic heterocycles. The maximum atomic E-state index is 13.5. The van der Waals surface area contributed by atoms with Crippen LogP contribution in [0.15, 0.2) is 18.2 Å². The number of rotatable bonds is 2. The Kier molecular flexibility index (Phi) is 3.25. The largest absolute Gasteiger partial charge is 0.419 e. The van der Waals surface area contributed by atoms with Crippen LogP contribution < -0.4 is 5.73 Å². The highest BCUT2D eigenvalue weighted by Gasteiger charge is 2.37. The molecule has 1 atom stereocenters. The first kappa shape index (κ1) is 12.9. The van der Waals surface area contributed by atoms with E-state index in [4.69, 9.17) is 5.73 Å². The maximum Gasteiger partial charge on any atom is 0.419 e. The summed E-state index contributed by atoms with van der Waals surface area (Å²) >= 11 is 0. The van der Waals surface area contributed by atoms with E-state index in [1.54, 1.807) is 0 Å². The normalized spacial score (nSPS) is 15.9. The van der Waals surface area contributed by atoms with Gasteiger partial charge in [-0.2, -0.15) is 13.2 Å². The van der Waals surface area contributed by atoms with Crippen LogP contribution in [0.4, 0.5) is 17.6 Å². The number of benzene rings is 1. The average Bonchev–Trinajstić information content (AvgIpc) is 2.16. The molecular weight excluding hydrogens is 226 g/mol. The fourth-order valence-corrected chi connectivity index (χ4v) is 1.28. The summed E-state index contributed by atoms with van der Waals surface area (Å²) in [4.78, 5) is 0. The van der Waals surface area contributed by atoms with Crippen molar-refractivity contribution in [1.82, 2.24) is 0 Å². The van der Waals surface area contributed by atoms with Gasteiger partial charge in [-0.3, -0.25) is 0 Å². The highest BCUT2D eigenvalue weighted by Crippen LogP contribution is 2.34. The summed E-state index contributed by atoms with van der Waals surface area (Å²) in [6, 6.07) is 2.73. The van der Waals surface area contributed by atoms with Crippen molar-refractivity contribution in [1.29, 1.82) is 0 Å². The van der Waals surface area contributed by atoms with Crippen LogP contribution >= 0.6 is 0 Å². The van der Waals surface area contributed by atoms with Gasteiger partial charge in [0.15, 0.2) is 0 Å². The minimum absolute atomic E-state index is 0.370.